The molecule has 1 atom stereocenters. The Hall–Kier alpha value is -2.41. The van der Waals surface area contributed by atoms with Gasteiger partial charge in [-0.15, -0.1) is 0 Å². The molecule has 0 saturated carbocycles. The minimum atomic E-state index is -0.408. The number of carbonyl (C=O) groups excluding carboxylic acids is 1. The van der Waals surface area contributed by atoms with Gasteiger partial charge in [0.1, 0.15) is 0 Å². The maximum atomic E-state index is 11.9. The van der Waals surface area contributed by atoms with Crippen molar-refractivity contribution in [3.8, 4) is 5.69 Å². The predicted octanol–water partition coefficient (Wildman–Crippen LogP) is 0.866. The first kappa shape index (κ1) is 12.6. The molecule has 0 spiro atoms. The molecule has 0 radical (unpaired) electrons. The molecular formula is C13H15N5O2. The highest BCUT2D eigenvalue weighted by molar-refractivity contribution is 5.89. The fourth-order valence-corrected chi connectivity index (χ4v) is 2.16. The van der Waals surface area contributed by atoms with Crippen LogP contribution in [0.1, 0.15) is 6.42 Å². The third kappa shape index (κ3) is 2.62. The van der Waals surface area contributed by atoms with Crippen LogP contribution in [0.4, 0.5) is 10.5 Å². The number of hydrogen-bond donors (Lipinski definition) is 2. The third-order valence-electron chi connectivity index (χ3n) is 3.22. The van der Waals surface area contributed by atoms with Gasteiger partial charge in [0.05, 0.1) is 24.2 Å². The van der Waals surface area contributed by atoms with Crippen molar-refractivity contribution in [3.63, 3.8) is 0 Å². The molecule has 7 nitrogen and oxygen atoms in total. The van der Waals surface area contributed by atoms with Crippen LogP contribution in [0.15, 0.2) is 36.7 Å². The maximum Gasteiger partial charge on any atom is 0.321 e. The number of nitrogens with one attached hydrogen (secondary N) is 1. The number of β-amino-alcohol motifs (C(OH)–C–C–N with tert-alkyl or cyclic N) is 1. The van der Waals surface area contributed by atoms with Gasteiger partial charge in [-0.1, -0.05) is 0 Å². The fourth-order valence-electron chi connectivity index (χ4n) is 2.16. The molecule has 2 N–H and O–H groups in total. The van der Waals surface area contributed by atoms with Crippen molar-refractivity contribution in [2.24, 2.45) is 0 Å². The van der Waals surface area contributed by atoms with Crippen LogP contribution in [-0.2, 0) is 0 Å². The zero-order valence-electron chi connectivity index (χ0n) is 10.8. The minimum Gasteiger partial charge on any atom is -0.391 e. The average Bonchev–Trinajstić information content (AvgIpc) is 3.10. The highest BCUT2D eigenvalue weighted by atomic mass is 16.3. The zero-order valence-corrected chi connectivity index (χ0v) is 10.8. The molecule has 2 heterocycles. The molecule has 2 aromatic rings. The molecule has 1 fully saturated rings. The molecule has 0 bridgehead atoms. The summed E-state index contributed by atoms with van der Waals surface area (Å²) in [6, 6.07) is 7.06. The summed E-state index contributed by atoms with van der Waals surface area (Å²) in [5.41, 5.74) is 1.52. The van der Waals surface area contributed by atoms with E-state index in [4.69, 9.17) is 0 Å². The van der Waals surface area contributed by atoms with Crippen molar-refractivity contribution in [1.29, 1.82) is 0 Å². The second kappa shape index (κ2) is 5.30. The van der Waals surface area contributed by atoms with Gasteiger partial charge in [0.15, 0.2) is 0 Å². The highest BCUT2D eigenvalue weighted by Gasteiger charge is 2.24. The SMILES string of the molecule is O=C(Nc1ccc(-n2nccn2)cc1)N1CCC(O)C1. The van der Waals surface area contributed by atoms with Crippen molar-refractivity contribution in [1.82, 2.24) is 19.9 Å². The molecule has 20 heavy (non-hydrogen) atoms. The lowest BCUT2D eigenvalue weighted by atomic mass is 10.3. The quantitative estimate of drug-likeness (QED) is 0.850. The standard InChI is InChI=1S/C13H15N5O2/c19-12-5-8-17(9-12)13(20)16-10-1-3-11(4-2-10)18-14-6-7-15-18/h1-4,6-7,12,19H,5,8-9H2,(H,16,20). The number of aromatic nitrogens is 3. The fraction of sp³-hybridized carbons (Fsp3) is 0.308. The van der Waals surface area contributed by atoms with Gasteiger partial charge in [0.25, 0.3) is 0 Å². The molecule has 1 aromatic heterocycles. The summed E-state index contributed by atoms with van der Waals surface area (Å²) in [4.78, 5) is 15.1. The van der Waals surface area contributed by atoms with Gasteiger partial charge in [0.2, 0.25) is 0 Å². The van der Waals surface area contributed by atoms with Crippen molar-refractivity contribution in [2.45, 2.75) is 12.5 Å². The number of benzene rings is 1. The summed E-state index contributed by atoms with van der Waals surface area (Å²) in [6.07, 6.45) is 3.44. The van der Waals surface area contributed by atoms with Gasteiger partial charge in [0, 0.05) is 18.8 Å². The van der Waals surface area contributed by atoms with Crippen molar-refractivity contribution in [2.75, 3.05) is 18.4 Å². The van der Waals surface area contributed by atoms with E-state index >= 15 is 0 Å². The highest BCUT2D eigenvalue weighted by Crippen LogP contribution is 2.14. The van der Waals surface area contributed by atoms with Gasteiger partial charge in [-0.25, -0.2) is 4.79 Å². The average molecular weight is 273 g/mol. The Kier molecular flexibility index (Phi) is 3.34. The number of aliphatic hydroxyl groups excluding tert-OH is 1. The Morgan fingerprint density at radius 3 is 2.55 bits per heavy atom. The van der Waals surface area contributed by atoms with Crippen LogP contribution in [-0.4, -0.2) is 50.2 Å². The minimum absolute atomic E-state index is 0.188. The van der Waals surface area contributed by atoms with Crippen LogP contribution in [0.2, 0.25) is 0 Å². The molecule has 1 saturated heterocycles. The number of hydrogen-bond acceptors (Lipinski definition) is 4. The van der Waals surface area contributed by atoms with Gasteiger partial charge >= 0.3 is 6.03 Å². The second-order valence-corrected chi connectivity index (χ2v) is 4.68. The summed E-state index contributed by atoms with van der Waals surface area (Å²) in [5, 5.41) is 20.3. The molecule has 1 aromatic carbocycles. The van der Waals surface area contributed by atoms with Crippen LogP contribution in [0.25, 0.3) is 5.69 Å². The Morgan fingerprint density at radius 1 is 1.25 bits per heavy atom. The molecule has 3 rings (SSSR count). The van der Waals surface area contributed by atoms with Gasteiger partial charge in [-0.05, 0) is 30.7 Å². The summed E-state index contributed by atoms with van der Waals surface area (Å²) in [7, 11) is 0. The number of anilines is 1. The van der Waals surface area contributed by atoms with Crippen LogP contribution < -0.4 is 5.32 Å². The van der Waals surface area contributed by atoms with E-state index in [-0.39, 0.29) is 6.03 Å². The third-order valence-corrected chi connectivity index (χ3v) is 3.22. The van der Waals surface area contributed by atoms with E-state index in [9.17, 15) is 9.90 Å². The molecule has 2 amide bonds. The molecule has 0 aliphatic carbocycles. The summed E-state index contributed by atoms with van der Waals surface area (Å²) >= 11 is 0. The van der Waals surface area contributed by atoms with Crippen LogP contribution >= 0.6 is 0 Å². The first-order valence-corrected chi connectivity index (χ1v) is 6.43. The van der Waals surface area contributed by atoms with Gasteiger partial charge in [-0.3, -0.25) is 0 Å². The lowest BCUT2D eigenvalue weighted by Gasteiger charge is -2.16. The topological polar surface area (TPSA) is 83.3 Å². The smallest absolute Gasteiger partial charge is 0.321 e. The number of amides is 2. The van der Waals surface area contributed by atoms with Crippen molar-refractivity contribution in [3.05, 3.63) is 36.7 Å². The Bertz CT molecular complexity index is 581. The Balaban J connectivity index is 1.65. The number of carbonyl (C=O) groups is 1. The maximum absolute atomic E-state index is 11.9. The normalized spacial score (nSPS) is 18.2. The van der Waals surface area contributed by atoms with Crippen molar-refractivity contribution < 1.29 is 9.90 Å². The second-order valence-electron chi connectivity index (χ2n) is 4.68. The number of aliphatic hydroxyl groups is 1. The molecule has 104 valence electrons. The molecular weight excluding hydrogens is 258 g/mol. The van der Waals surface area contributed by atoms with E-state index in [1.807, 2.05) is 12.1 Å². The molecule has 7 heteroatoms. The summed E-state index contributed by atoms with van der Waals surface area (Å²) in [6.45, 7) is 0.976. The molecule has 1 aliphatic heterocycles. The summed E-state index contributed by atoms with van der Waals surface area (Å²) in [5.74, 6) is 0. The zero-order chi connectivity index (χ0) is 13.9. The number of nitrogens with zero attached hydrogens (tertiary/aromatic N) is 4. The Morgan fingerprint density at radius 2 is 1.95 bits per heavy atom. The van der Waals surface area contributed by atoms with Crippen LogP contribution in [0.3, 0.4) is 0 Å². The van der Waals surface area contributed by atoms with E-state index < -0.39 is 6.10 Å². The Labute approximate surface area is 115 Å². The monoisotopic (exact) mass is 273 g/mol. The predicted molar refractivity (Wildman–Crippen MR) is 72.6 cm³/mol. The van der Waals surface area contributed by atoms with Gasteiger partial charge in [-0.2, -0.15) is 15.0 Å². The van der Waals surface area contributed by atoms with E-state index in [1.165, 1.54) is 4.80 Å². The summed E-state index contributed by atoms with van der Waals surface area (Å²) < 4.78 is 0. The number of rotatable bonds is 2. The van der Waals surface area contributed by atoms with E-state index in [0.29, 0.717) is 25.2 Å². The first-order valence-electron chi connectivity index (χ1n) is 6.43. The van der Waals surface area contributed by atoms with Crippen molar-refractivity contribution >= 4 is 11.7 Å². The molecule has 1 unspecified atom stereocenters. The van der Waals surface area contributed by atoms with E-state index in [2.05, 4.69) is 15.5 Å². The number of urea groups is 1. The lowest BCUT2D eigenvalue weighted by molar-refractivity contribution is 0.176. The molecule has 1 aliphatic rings. The van der Waals surface area contributed by atoms with E-state index in [1.54, 1.807) is 29.4 Å². The van der Waals surface area contributed by atoms with E-state index in [0.717, 1.165) is 5.69 Å². The largest absolute Gasteiger partial charge is 0.391 e. The van der Waals surface area contributed by atoms with Crippen LogP contribution in [0.5, 0.6) is 0 Å². The van der Waals surface area contributed by atoms with Crippen LogP contribution in [0, 0.1) is 0 Å². The number of likely N-dealkylation sites (tertiary alicyclic amines) is 1. The lowest BCUT2D eigenvalue weighted by Crippen LogP contribution is -2.33. The first-order chi connectivity index (χ1) is 9.72. The van der Waals surface area contributed by atoms with Gasteiger partial charge < -0.3 is 15.3 Å².